The number of esters is 1. The van der Waals surface area contributed by atoms with E-state index in [0.717, 1.165) is 4.90 Å². The summed E-state index contributed by atoms with van der Waals surface area (Å²) in [4.78, 5) is 62.4. The topological polar surface area (TPSA) is 133 Å². The van der Waals surface area contributed by atoms with Gasteiger partial charge in [-0.25, -0.2) is 4.79 Å². The van der Waals surface area contributed by atoms with Gasteiger partial charge in [-0.15, -0.1) is 11.8 Å². The molecule has 0 saturated carbocycles. The van der Waals surface area contributed by atoms with Crippen LogP contribution in [0.1, 0.15) is 13.3 Å². The lowest BCUT2D eigenvalue weighted by Gasteiger charge is -2.49. The summed E-state index contributed by atoms with van der Waals surface area (Å²) in [5, 5.41) is 11.5. The molecule has 0 spiro atoms. The number of aliphatic carboxylic acids is 1. The maximum Gasteiger partial charge on any atom is 0.352 e. The Bertz CT molecular complexity index is 963. The highest BCUT2D eigenvalue weighted by atomic mass is 32.2. The van der Waals surface area contributed by atoms with Gasteiger partial charge >= 0.3 is 11.9 Å². The fraction of sp³-hybridized carbons (Fsp3) is 0.350. The second-order valence-electron chi connectivity index (χ2n) is 6.96. The van der Waals surface area contributed by atoms with Crippen molar-refractivity contribution in [2.24, 2.45) is 0 Å². The molecule has 2 unspecified atom stereocenters. The normalized spacial score (nSPS) is 19.8. The molecule has 10 nitrogen and oxygen atoms in total. The van der Waals surface area contributed by atoms with Crippen molar-refractivity contribution in [1.82, 2.24) is 10.2 Å². The number of nitrogens with zero attached hydrogens (tertiary/aromatic N) is 2. The molecule has 3 amide bonds. The van der Waals surface area contributed by atoms with Crippen LogP contribution in [0, 0.1) is 0 Å². The zero-order valence-corrected chi connectivity index (χ0v) is 17.7. The van der Waals surface area contributed by atoms with E-state index >= 15 is 0 Å². The summed E-state index contributed by atoms with van der Waals surface area (Å²) >= 11 is 1.25. The lowest BCUT2D eigenvalue weighted by Crippen LogP contribution is -2.70. The molecule has 0 radical (unpaired) electrons. The third-order valence-corrected chi connectivity index (χ3v) is 6.18. The first kappa shape index (κ1) is 22.3. The van der Waals surface area contributed by atoms with E-state index in [1.54, 1.807) is 31.3 Å². The number of carbonyl (C=O) groups excluding carboxylic acids is 4. The van der Waals surface area contributed by atoms with Crippen molar-refractivity contribution in [2.75, 3.05) is 24.3 Å². The third kappa shape index (κ3) is 4.71. The number of carboxylic acid groups (broad SMARTS) is 1. The summed E-state index contributed by atoms with van der Waals surface area (Å²) in [6, 6.07) is 7.87. The maximum atomic E-state index is 12.6. The van der Waals surface area contributed by atoms with Crippen molar-refractivity contribution in [3.8, 4) is 0 Å². The fourth-order valence-electron chi connectivity index (χ4n) is 3.26. The van der Waals surface area contributed by atoms with Crippen LogP contribution in [-0.4, -0.2) is 70.5 Å². The summed E-state index contributed by atoms with van der Waals surface area (Å²) < 4.78 is 4.88. The van der Waals surface area contributed by atoms with E-state index in [1.807, 2.05) is 6.07 Å². The minimum Gasteiger partial charge on any atom is -0.477 e. The summed E-state index contributed by atoms with van der Waals surface area (Å²) in [6.07, 6.45) is -0.452. The molecular weight excluding hydrogens is 426 g/mol. The molecule has 3 rings (SSSR count). The third-order valence-electron chi connectivity index (χ3n) is 4.85. The molecule has 11 heteroatoms. The molecule has 2 heterocycles. The molecule has 31 heavy (non-hydrogen) atoms. The van der Waals surface area contributed by atoms with Crippen LogP contribution in [0.5, 0.6) is 0 Å². The SMILES string of the molecule is CC(=O)OCC1=C(C(=O)O)N2C(=O)C(NC(=O)CC(=O)N(C)c3ccccc3)C2SC1. The number of amides is 3. The molecule has 1 aromatic carbocycles. The van der Waals surface area contributed by atoms with Crippen molar-refractivity contribution < 1.29 is 33.8 Å². The van der Waals surface area contributed by atoms with E-state index in [9.17, 15) is 29.1 Å². The van der Waals surface area contributed by atoms with Crippen molar-refractivity contribution in [3.63, 3.8) is 0 Å². The smallest absolute Gasteiger partial charge is 0.352 e. The number of hydrogen-bond acceptors (Lipinski definition) is 7. The van der Waals surface area contributed by atoms with Gasteiger partial charge in [0.15, 0.2) is 0 Å². The quantitative estimate of drug-likeness (QED) is 0.347. The van der Waals surface area contributed by atoms with Crippen LogP contribution in [0.15, 0.2) is 41.6 Å². The highest BCUT2D eigenvalue weighted by molar-refractivity contribution is 8.00. The number of hydrogen-bond donors (Lipinski definition) is 2. The predicted molar refractivity (Wildman–Crippen MR) is 111 cm³/mol. The molecule has 2 aliphatic rings. The van der Waals surface area contributed by atoms with Gasteiger partial charge in [0.2, 0.25) is 11.8 Å². The minimum atomic E-state index is -1.31. The van der Waals surface area contributed by atoms with Crippen LogP contribution >= 0.6 is 11.8 Å². The molecule has 0 aliphatic carbocycles. The van der Waals surface area contributed by atoms with Gasteiger partial charge in [0, 0.05) is 31.0 Å². The Balaban J connectivity index is 1.63. The lowest BCUT2D eigenvalue weighted by molar-refractivity contribution is -0.151. The van der Waals surface area contributed by atoms with E-state index < -0.39 is 47.5 Å². The molecule has 2 aliphatic heterocycles. The molecule has 0 aromatic heterocycles. The second-order valence-corrected chi connectivity index (χ2v) is 8.06. The monoisotopic (exact) mass is 447 g/mol. The van der Waals surface area contributed by atoms with Crippen molar-refractivity contribution in [3.05, 3.63) is 41.6 Å². The van der Waals surface area contributed by atoms with Crippen LogP contribution in [0.2, 0.25) is 0 Å². The van der Waals surface area contributed by atoms with Crippen molar-refractivity contribution in [2.45, 2.75) is 24.8 Å². The Morgan fingerprint density at radius 3 is 2.55 bits per heavy atom. The Hall–Kier alpha value is -3.34. The van der Waals surface area contributed by atoms with Crippen LogP contribution in [-0.2, 0) is 28.7 Å². The Labute approximate surface area is 182 Å². The van der Waals surface area contributed by atoms with E-state index in [1.165, 1.54) is 23.6 Å². The molecular formula is C20H21N3O7S. The standard InChI is InChI=1S/C20H21N3O7S/c1-11(24)30-9-12-10-31-19-16(18(27)23(19)17(12)20(28)29)21-14(25)8-15(26)22(2)13-6-4-3-5-7-13/h3-7,16,19H,8-10H2,1-2H3,(H,21,25)(H,28,29). The zero-order chi connectivity index (χ0) is 22.7. The number of para-hydroxylation sites is 1. The van der Waals surface area contributed by atoms with Gasteiger partial charge in [0.05, 0.1) is 0 Å². The molecule has 1 fully saturated rings. The maximum absolute atomic E-state index is 12.6. The molecule has 1 saturated heterocycles. The number of benzene rings is 1. The summed E-state index contributed by atoms with van der Waals surface area (Å²) in [6.45, 7) is 0.981. The van der Waals surface area contributed by atoms with E-state index in [2.05, 4.69) is 5.32 Å². The Morgan fingerprint density at radius 1 is 1.26 bits per heavy atom. The number of nitrogens with one attached hydrogen (secondary N) is 1. The highest BCUT2D eigenvalue weighted by Crippen LogP contribution is 2.40. The molecule has 2 N–H and O–H groups in total. The number of ether oxygens (including phenoxy) is 1. The average molecular weight is 447 g/mol. The number of fused-ring (bicyclic) bond motifs is 1. The van der Waals surface area contributed by atoms with Crippen molar-refractivity contribution in [1.29, 1.82) is 0 Å². The molecule has 1 aromatic rings. The summed E-state index contributed by atoms with van der Waals surface area (Å²) in [7, 11) is 1.55. The number of anilines is 1. The highest BCUT2D eigenvalue weighted by Gasteiger charge is 2.54. The minimum absolute atomic E-state index is 0.224. The average Bonchev–Trinajstić information content (AvgIpc) is 2.75. The first-order chi connectivity index (χ1) is 14.7. The summed E-state index contributed by atoms with van der Waals surface area (Å²) in [5.74, 6) is -3.31. The largest absolute Gasteiger partial charge is 0.477 e. The predicted octanol–water partition coefficient (Wildman–Crippen LogP) is 0.341. The van der Waals surface area contributed by atoms with E-state index in [-0.39, 0.29) is 18.1 Å². The second kappa shape index (κ2) is 9.21. The molecule has 164 valence electrons. The van der Waals surface area contributed by atoms with Crippen molar-refractivity contribution >= 4 is 47.1 Å². The number of carbonyl (C=O) groups is 5. The first-order valence-electron chi connectivity index (χ1n) is 9.35. The van der Waals surface area contributed by atoms with Crippen LogP contribution in [0.3, 0.4) is 0 Å². The van der Waals surface area contributed by atoms with E-state index in [0.29, 0.717) is 11.3 Å². The number of β-lactam (4-membered cyclic amide) rings is 1. The zero-order valence-electron chi connectivity index (χ0n) is 16.9. The van der Waals surface area contributed by atoms with Gasteiger partial charge in [-0.2, -0.15) is 0 Å². The summed E-state index contributed by atoms with van der Waals surface area (Å²) in [5.41, 5.74) is 0.702. The van der Waals surface area contributed by atoms with E-state index in [4.69, 9.17) is 4.74 Å². The molecule has 2 atom stereocenters. The Kier molecular flexibility index (Phi) is 6.64. The number of rotatable bonds is 7. The lowest BCUT2D eigenvalue weighted by atomic mass is 10.0. The fourth-order valence-corrected chi connectivity index (χ4v) is 4.59. The van der Waals surface area contributed by atoms with Gasteiger partial charge in [0.1, 0.15) is 30.1 Å². The van der Waals surface area contributed by atoms with Gasteiger partial charge in [-0.3, -0.25) is 24.1 Å². The van der Waals surface area contributed by atoms with Crippen LogP contribution in [0.25, 0.3) is 0 Å². The number of carboxylic acids is 1. The van der Waals surface area contributed by atoms with Gasteiger partial charge in [-0.1, -0.05) is 18.2 Å². The number of thioether (sulfide) groups is 1. The molecule has 0 bridgehead atoms. The van der Waals surface area contributed by atoms with Gasteiger partial charge in [0.25, 0.3) is 5.91 Å². The Morgan fingerprint density at radius 2 is 1.94 bits per heavy atom. The van der Waals surface area contributed by atoms with Gasteiger partial charge < -0.3 is 20.1 Å². The first-order valence-corrected chi connectivity index (χ1v) is 10.4. The van der Waals surface area contributed by atoms with Crippen LogP contribution < -0.4 is 10.2 Å². The van der Waals surface area contributed by atoms with Gasteiger partial charge in [-0.05, 0) is 12.1 Å². The van der Waals surface area contributed by atoms with Crippen LogP contribution in [0.4, 0.5) is 5.69 Å².